The normalized spacial score (nSPS) is 19.7. The third-order valence-corrected chi connectivity index (χ3v) is 5.74. The Labute approximate surface area is 159 Å². The Bertz CT molecular complexity index is 733. The summed E-state index contributed by atoms with van der Waals surface area (Å²) < 4.78 is 0. The van der Waals surface area contributed by atoms with Crippen LogP contribution in [0.25, 0.3) is 10.6 Å². The molecule has 1 atom stereocenters. The predicted octanol–water partition coefficient (Wildman–Crippen LogP) is 4.40. The van der Waals surface area contributed by atoms with Crippen LogP contribution in [-0.4, -0.2) is 39.9 Å². The minimum Gasteiger partial charge on any atom is -0.387 e. The number of rotatable bonds is 4. The highest BCUT2D eigenvalue weighted by atomic mass is 32.1. The summed E-state index contributed by atoms with van der Waals surface area (Å²) in [6.45, 7) is 4.23. The van der Waals surface area contributed by atoms with Crippen molar-refractivity contribution in [2.45, 2.75) is 45.4 Å². The number of hydrogen-bond donors (Lipinski definition) is 3. The minimum atomic E-state index is 0.372. The number of hydrogen-bond acceptors (Lipinski definition) is 4. The van der Waals surface area contributed by atoms with E-state index in [1.807, 2.05) is 23.6 Å². The van der Waals surface area contributed by atoms with Crippen molar-refractivity contribution in [3.05, 3.63) is 23.6 Å². The second-order valence-electron chi connectivity index (χ2n) is 7.07. The standard InChI is InChI=1S/C19H28N6S/c1-14-6-2-3-9-25(10-4-7-14)18(21)13-17(20)22-19-12-15(23-24-19)16-8-5-11-26-16/h5,8,11-12,14,21H,2-4,6-7,9-10,13H2,1H3,(H3,20,22,23,24). The summed E-state index contributed by atoms with van der Waals surface area (Å²) in [5.74, 6) is 2.37. The van der Waals surface area contributed by atoms with Gasteiger partial charge in [-0.2, -0.15) is 5.10 Å². The molecule has 0 spiro atoms. The smallest absolute Gasteiger partial charge is 0.175 e. The summed E-state index contributed by atoms with van der Waals surface area (Å²) in [5.41, 5.74) is 7.04. The molecule has 1 fully saturated rings. The zero-order valence-corrected chi connectivity index (χ0v) is 16.2. The molecule has 0 amide bonds. The maximum absolute atomic E-state index is 8.43. The molecule has 3 heterocycles. The number of nitrogens with one attached hydrogen (secondary N) is 2. The fourth-order valence-corrected chi connectivity index (χ4v) is 4.04. The summed E-state index contributed by atoms with van der Waals surface area (Å²) in [6, 6.07) is 5.94. The number of H-pyrrole nitrogens is 1. The monoisotopic (exact) mass is 372 g/mol. The van der Waals surface area contributed by atoms with Gasteiger partial charge in [0, 0.05) is 19.2 Å². The number of nitrogens with zero attached hydrogens (tertiary/aromatic N) is 3. The van der Waals surface area contributed by atoms with E-state index in [9.17, 15) is 0 Å². The summed E-state index contributed by atoms with van der Waals surface area (Å²) in [7, 11) is 0. The first-order valence-corrected chi connectivity index (χ1v) is 10.2. The van der Waals surface area contributed by atoms with Gasteiger partial charge < -0.3 is 10.6 Å². The molecule has 3 rings (SSSR count). The molecule has 0 bridgehead atoms. The highest BCUT2D eigenvalue weighted by molar-refractivity contribution is 7.13. The van der Waals surface area contributed by atoms with Gasteiger partial charge in [0.1, 0.15) is 11.7 Å². The Hall–Kier alpha value is -2.15. The summed E-state index contributed by atoms with van der Waals surface area (Å²) in [4.78, 5) is 7.68. The van der Waals surface area contributed by atoms with Crippen molar-refractivity contribution in [3.8, 4) is 10.6 Å². The second-order valence-corrected chi connectivity index (χ2v) is 8.02. The molecule has 1 unspecified atom stereocenters. The lowest BCUT2D eigenvalue weighted by Crippen LogP contribution is -2.35. The third kappa shape index (κ3) is 5.17. The Morgan fingerprint density at radius 3 is 3.00 bits per heavy atom. The van der Waals surface area contributed by atoms with E-state index in [1.54, 1.807) is 11.3 Å². The first-order valence-electron chi connectivity index (χ1n) is 9.36. The largest absolute Gasteiger partial charge is 0.387 e. The van der Waals surface area contributed by atoms with E-state index in [-0.39, 0.29) is 0 Å². The van der Waals surface area contributed by atoms with Gasteiger partial charge in [0.05, 0.1) is 17.0 Å². The van der Waals surface area contributed by atoms with Gasteiger partial charge in [-0.3, -0.25) is 10.5 Å². The van der Waals surface area contributed by atoms with Gasteiger partial charge in [-0.25, -0.2) is 4.99 Å². The van der Waals surface area contributed by atoms with E-state index in [2.05, 4.69) is 27.0 Å². The fourth-order valence-electron chi connectivity index (χ4n) is 3.35. The molecule has 140 valence electrons. The number of aromatic amines is 1. The SMILES string of the molecule is CC1CCCCN(C(=N)CC(N)=Nc2cc(-c3cccs3)[nH]n2)CCC1. The quantitative estimate of drug-likeness (QED) is 0.548. The second kappa shape index (κ2) is 8.98. The Morgan fingerprint density at radius 2 is 2.19 bits per heavy atom. The molecule has 0 radical (unpaired) electrons. The van der Waals surface area contributed by atoms with Crippen molar-refractivity contribution < 1.29 is 0 Å². The van der Waals surface area contributed by atoms with E-state index in [0.717, 1.165) is 42.4 Å². The molecule has 26 heavy (non-hydrogen) atoms. The summed E-state index contributed by atoms with van der Waals surface area (Å²) in [6.07, 6.45) is 6.45. The highest BCUT2D eigenvalue weighted by Crippen LogP contribution is 2.25. The van der Waals surface area contributed by atoms with E-state index < -0.39 is 0 Å². The molecule has 1 aliphatic rings. The van der Waals surface area contributed by atoms with Crippen LogP contribution in [-0.2, 0) is 0 Å². The average Bonchev–Trinajstić information content (AvgIpc) is 3.28. The van der Waals surface area contributed by atoms with Gasteiger partial charge in [0.25, 0.3) is 0 Å². The Balaban J connectivity index is 1.58. The first-order chi connectivity index (χ1) is 12.6. The zero-order chi connectivity index (χ0) is 18.4. The van der Waals surface area contributed by atoms with Crippen LogP contribution in [0.4, 0.5) is 5.82 Å². The van der Waals surface area contributed by atoms with Crippen molar-refractivity contribution in [2.24, 2.45) is 16.6 Å². The molecule has 1 aliphatic heterocycles. The Kier molecular flexibility index (Phi) is 6.44. The van der Waals surface area contributed by atoms with Crippen molar-refractivity contribution in [3.63, 3.8) is 0 Å². The minimum absolute atomic E-state index is 0.372. The topological polar surface area (TPSA) is 94.1 Å². The van der Waals surface area contributed by atoms with Crippen LogP contribution >= 0.6 is 11.3 Å². The van der Waals surface area contributed by atoms with Crippen molar-refractivity contribution in [1.29, 1.82) is 5.41 Å². The number of thiophene rings is 1. The van der Waals surface area contributed by atoms with Crippen LogP contribution in [0.3, 0.4) is 0 Å². The van der Waals surface area contributed by atoms with Crippen LogP contribution in [0.15, 0.2) is 28.6 Å². The van der Waals surface area contributed by atoms with Gasteiger partial charge in [-0.05, 0) is 36.6 Å². The molecule has 0 aliphatic carbocycles. The van der Waals surface area contributed by atoms with Crippen molar-refractivity contribution >= 4 is 28.8 Å². The predicted molar refractivity (Wildman–Crippen MR) is 109 cm³/mol. The summed E-state index contributed by atoms with van der Waals surface area (Å²) >= 11 is 1.65. The molecule has 0 saturated carbocycles. The third-order valence-electron chi connectivity index (χ3n) is 4.84. The lowest BCUT2D eigenvalue weighted by atomic mass is 10.00. The van der Waals surface area contributed by atoms with Gasteiger partial charge in [-0.15, -0.1) is 11.3 Å². The van der Waals surface area contributed by atoms with Crippen molar-refractivity contribution in [2.75, 3.05) is 13.1 Å². The Morgan fingerprint density at radius 1 is 1.38 bits per heavy atom. The fraction of sp³-hybridized carbons (Fsp3) is 0.526. The van der Waals surface area contributed by atoms with Crippen LogP contribution in [0.2, 0.25) is 0 Å². The molecule has 0 aromatic carbocycles. The number of amidine groups is 2. The first kappa shape index (κ1) is 18.6. The summed E-state index contributed by atoms with van der Waals surface area (Å²) in [5, 5.41) is 17.7. The van der Waals surface area contributed by atoms with Crippen LogP contribution < -0.4 is 5.73 Å². The van der Waals surface area contributed by atoms with Gasteiger partial charge in [-0.1, -0.05) is 25.8 Å². The van der Waals surface area contributed by atoms with E-state index >= 15 is 0 Å². The average molecular weight is 373 g/mol. The molecular weight excluding hydrogens is 344 g/mol. The van der Waals surface area contributed by atoms with E-state index in [1.165, 1.54) is 19.3 Å². The zero-order valence-electron chi connectivity index (χ0n) is 15.4. The van der Waals surface area contributed by atoms with E-state index in [0.29, 0.717) is 23.9 Å². The molecule has 2 aromatic heterocycles. The van der Waals surface area contributed by atoms with Gasteiger partial charge >= 0.3 is 0 Å². The molecule has 1 saturated heterocycles. The van der Waals surface area contributed by atoms with Gasteiger partial charge in [0.15, 0.2) is 5.82 Å². The van der Waals surface area contributed by atoms with Crippen LogP contribution in [0, 0.1) is 11.3 Å². The van der Waals surface area contributed by atoms with Crippen LogP contribution in [0.5, 0.6) is 0 Å². The lowest BCUT2D eigenvalue weighted by molar-refractivity contribution is 0.395. The van der Waals surface area contributed by atoms with Crippen molar-refractivity contribution in [1.82, 2.24) is 15.1 Å². The number of aliphatic imine (C=N–C) groups is 1. The highest BCUT2D eigenvalue weighted by Gasteiger charge is 2.14. The molecule has 4 N–H and O–H groups in total. The van der Waals surface area contributed by atoms with Crippen LogP contribution in [0.1, 0.15) is 45.4 Å². The molecule has 7 heteroatoms. The lowest BCUT2D eigenvalue weighted by Gasteiger charge is -2.24. The molecule has 6 nitrogen and oxygen atoms in total. The number of aromatic nitrogens is 2. The van der Waals surface area contributed by atoms with Gasteiger partial charge in [0.2, 0.25) is 0 Å². The molecule has 2 aromatic rings. The maximum Gasteiger partial charge on any atom is 0.175 e. The van der Waals surface area contributed by atoms with E-state index in [4.69, 9.17) is 11.1 Å². The molecular formula is C19H28N6S. The number of nitrogens with two attached hydrogens (primary N) is 1. The maximum atomic E-state index is 8.43.